The van der Waals surface area contributed by atoms with Gasteiger partial charge in [-0.15, -0.1) is 0 Å². The van der Waals surface area contributed by atoms with Crippen molar-refractivity contribution in [3.05, 3.63) is 101 Å². The molecule has 1 atom stereocenters. The fraction of sp³-hybridized carbons (Fsp3) is 0.120. The molecule has 0 aliphatic rings. The SMILES string of the molecule is COc1c(F)cc(-c2ccc(CC(F)c3ccc4ccccc4c3)cc2F)c(F)c1F. The van der Waals surface area contributed by atoms with Crippen LogP contribution in [0.2, 0.25) is 0 Å². The molecule has 0 fully saturated rings. The van der Waals surface area contributed by atoms with Gasteiger partial charge in [-0.1, -0.05) is 48.5 Å². The second-order valence-corrected chi connectivity index (χ2v) is 7.16. The Morgan fingerprint density at radius 3 is 2.19 bits per heavy atom. The number of alkyl halides is 1. The highest BCUT2D eigenvalue weighted by Crippen LogP contribution is 2.34. The fourth-order valence-electron chi connectivity index (χ4n) is 3.59. The van der Waals surface area contributed by atoms with Crippen molar-refractivity contribution in [2.24, 2.45) is 0 Å². The van der Waals surface area contributed by atoms with E-state index in [0.717, 1.165) is 23.9 Å². The molecule has 31 heavy (non-hydrogen) atoms. The Kier molecular flexibility index (Phi) is 5.63. The van der Waals surface area contributed by atoms with Crippen molar-refractivity contribution in [1.29, 1.82) is 0 Å². The standard InChI is InChI=1S/C25H17F5O/c1-31-25-22(28)13-19(23(29)24(25)30)18-9-6-14(11-21(18)27)10-20(26)17-8-7-15-4-2-3-5-16(15)12-17/h2-9,11-13,20H,10H2,1H3. The molecule has 0 heterocycles. The van der Waals surface area contributed by atoms with Crippen molar-refractivity contribution in [2.45, 2.75) is 12.6 Å². The first-order chi connectivity index (χ1) is 14.9. The average molecular weight is 428 g/mol. The third-order valence-electron chi connectivity index (χ3n) is 5.19. The lowest BCUT2D eigenvalue weighted by atomic mass is 9.97. The molecule has 0 spiro atoms. The number of rotatable bonds is 5. The van der Waals surface area contributed by atoms with Crippen molar-refractivity contribution in [2.75, 3.05) is 7.11 Å². The van der Waals surface area contributed by atoms with Gasteiger partial charge in [-0.3, -0.25) is 0 Å². The van der Waals surface area contributed by atoms with Crippen LogP contribution in [0.5, 0.6) is 5.75 Å². The third-order valence-corrected chi connectivity index (χ3v) is 5.19. The summed E-state index contributed by atoms with van der Waals surface area (Å²) in [7, 11) is 0.999. The van der Waals surface area contributed by atoms with E-state index in [2.05, 4.69) is 4.74 Å². The van der Waals surface area contributed by atoms with Crippen molar-refractivity contribution >= 4 is 10.8 Å². The molecule has 0 saturated carbocycles. The molecule has 4 aromatic carbocycles. The second kappa shape index (κ2) is 8.38. The molecular formula is C25H17F5O. The molecule has 0 radical (unpaired) electrons. The van der Waals surface area contributed by atoms with Gasteiger partial charge in [0.15, 0.2) is 17.4 Å². The van der Waals surface area contributed by atoms with E-state index in [4.69, 9.17) is 0 Å². The van der Waals surface area contributed by atoms with Gasteiger partial charge in [0.25, 0.3) is 0 Å². The summed E-state index contributed by atoms with van der Waals surface area (Å²) < 4.78 is 76.2. The van der Waals surface area contributed by atoms with E-state index in [1.165, 1.54) is 12.1 Å². The van der Waals surface area contributed by atoms with Crippen LogP contribution < -0.4 is 4.74 Å². The van der Waals surface area contributed by atoms with Crippen LogP contribution in [0.1, 0.15) is 17.3 Å². The van der Waals surface area contributed by atoms with Gasteiger partial charge in [0.2, 0.25) is 5.82 Å². The van der Waals surface area contributed by atoms with Crippen molar-refractivity contribution < 1.29 is 26.7 Å². The van der Waals surface area contributed by atoms with Crippen LogP contribution in [0, 0.1) is 23.3 Å². The van der Waals surface area contributed by atoms with Gasteiger partial charge < -0.3 is 4.74 Å². The van der Waals surface area contributed by atoms with E-state index in [0.29, 0.717) is 17.2 Å². The van der Waals surface area contributed by atoms with Gasteiger partial charge in [0, 0.05) is 17.5 Å². The Hall–Kier alpha value is -3.41. The summed E-state index contributed by atoms with van der Waals surface area (Å²) in [4.78, 5) is 0. The van der Waals surface area contributed by atoms with Crippen LogP contribution in [0.3, 0.4) is 0 Å². The summed E-state index contributed by atoms with van der Waals surface area (Å²) in [6.07, 6.45) is -1.49. The normalized spacial score (nSPS) is 12.2. The molecule has 1 nitrogen and oxygen atoms in total. The molecule has 1 unspecified atom stereocenters. The minimum atomic E-state index is -1.54. The monoisotopic (exact) mass is 428 g/mol. The van der Waals surface area contributed by atoms with Crippen LogP contribution in [0.15, 0.2) is 66.7 Å². The maximum atomic E-state index is 14.9. The maximum Gasteiger partial charge on any atom is 0.204 e. The minimum Gasteiger partial charge on any atom is -0.491 e. The second-order valence-electron chi connectivity index (χ2n) is 7.16. The number of ether oxygens (including phenoxy) is 1. The van der Waals surface area contributed by atoms with Crippen molar-refractivity contribution in [1.82, 2.24) is 0 Å². The summed E-state index contributed by atoms with van der Waals surface area (Å²) in [5, 5.41) is 1.87. The summed E-state index contributed by atoms with van der Waals surface area (Å²) >= 11 is 0. The number of benzene rings is 4. The molecule has 0 amide bonds. The first kappa shape index (κ1) is 20.8. The molecule has 0 aliphatic carbocycles. The van der Waals surface area contributed by atoms with E-state index in [9.17, 15) is 22.0 Å². The Balaban J connectivity index is 1.62. The fourth-order valence-corrected chi connectivity index (χ4v) is 3.59. The Morgan fingerprint density at radius 1 is 0.742 bits per heavy atom. The van der Waals surface area contributed by atoms with Gasteiger partial charge in [-0.05, 0) is 40.1 Å². The van der Waals surface area contributed by atoms with Gasteiger partial charge >= 0.3 is 0 Å². The van der Waals surface area contributed by atoms with Gasteiger partial charge in [-0.25, -0.2) is 17.6 Å². The van der Waals surface area contributed by atoms with Crippen LogP contribution in [-0.2, 0) is 6.42 Å². The summed E-state index contributed by atoms with van der Waals surface area (Å²) in [5.74, 6) is -5.91. The molecule has 0 bridgehead atoms. The van der Waals surface area contributed by atoms with Crippen LogP contribution in [0.25, 0.3) is 21.9 Å². The zero-order valence-electron chi connectivity index (χ0n) is 16.4. The van der Waals surface area contributed by atoms with Gasteiger partial charge in [0.1, 0.15) is 12.0 Å². The Morgan fingerprint density at radius 2 is 1.48 bits per heavy atom. The highest BCUT2D eigenvalue weighted by molar-refractivity contribution is 5.83. The van der Waals surface area contributed by atoms with Crippen LogP contribution in [0.4, 0.5) is 22.0 Å². The molecular weight excluding hydrogens is 411 g/mol. The van der Waals surface area contributed by atoms with E-state index in [1.54, 1.807) is 12.1 Å². The number of methoxy groups -OCH3 is 1. The number of hydrogen-bond donors (Lipinski definition) is 0. The zero-order chi connectivity index (χ0) is 22.1. The topological polar surface area (TPSA) is 9.23 Å². The van der Waals surface area contributed by atoms with E-state index >= 15 is 0 Å². The molecule has 4 aromatic rings. The predicted molar refractivity (Wildman–Crippen MR) is 110 cm³/mol. The molecule has 0 aromatic heterocycles. The highest BCUT2D eigenvalue weighted by Gasteiger charge is 2.22. The third kappa shape index (κ3) is 3.98. The maximum absolute atomic E-state index is 14.9. The first-order valence-corrected chi connectivity index (χ1v) is 9.52. The average Bonchev–Trinajstić information content (AvgIpc) is 2.76. The zero-order valence-corrected chi connectivity index (χ0v) is 16.4. The Bertz CT molecular complexity index is 1270. The summed E-state index contributed by atoms with van der Waals surface area (Å²) in [6, 6.07) is 17.1. The van der Waals surface area contributed by atoms with Crippen LogP contribution in [-0.4, -0.2) is 7.11 Å². The van der Waals surface area contributed by atoms with Gasteiger partial charge in [0.05, 0.1) is 7.11 Å². The molecule has 158 valence electrons. The highest BCUT2D eigenvalue weighted by atomic mass is 19.2. The molecule has 6 heteroatoms. The minimum absolute atomic E-state index is 0.108. The van der Waals surface area contributed by atoms with Crippen LogP contribution >= 0.6 is 0 Å². The number of fused-ring (bicyclic) bond motifs is 1. The van der Waals surface area contributed by atoms with Crippen molar-refractivity contribution in [3.8, 4) is 16.9 Å². The Labute approximate surface area is 175 Å². The molecule has 0 N–H and O–H groups in total. The van der Waals surface area contributed by atoms with E-state index in [1.807, 2.05) is 30.3 Å². The molecule has 0 saturated heterocycles. The smallest absolute Gasteiger partial charge is 0.204 e. The quantitative estimate of drug-likeness (QED) is 0.239. The lowest BCUT2D eigenvalue weighted by molar-refractivity contribution is 0.342. The number of halogens is 5. The first-order valence-electron chi connectivity index (χ1n) is 9.52. The van der Waals surface area contributed by atoms with E-state index in [-0.39, 0.29) is 12.0 Å². The van der Waals surface area contributed by atoms with Crippen molar-refractivity contribution in [3.63, 3.8) is 0 Å². The van der Waals surface area contributed by atoms with Gasteiger partial charge in [-0.2, -0.15) is 4.39 Å². The number of hydrogen-bond acceptors (Lipinski definition) is 1. The lowest BCUT2D eigenvalue weighted by Gasteiger charge is -2.13. The molecule has 4 rings (SSSR count). The summed E-state index contributed by atoms with van der Waals surface area (Å²) in [6.45, 7) is 0. The lowest BCUT2D eigenvalue weighted by Crippen LogP contribution is -2.01. The largest absolute Gasteiger partial charge is 0.491 e. The van der Waals surface area contributed by atoms with E-state index < -0.39 is 40.8 Å². The predicted octanol–water partition coefficient (Wildman–Crippen LogP) is 7.33. The molecule has 0 aliphatic heterocycles. The summed E-state index contributed by atoms with van der Waals surface area (Å²) in [5.41, 5.74) is -0.126.